The Morgan fingerprint density at radius 2 is 0.583 bits per heavy atom. The third kappa shape index (κ3) is 7.23. The SMILES string of the molecule is c1ccc(-c2ccc(N(c3ccccc3)c3cc4c(-c5ccccc5)c(N(c5ccccc5)c5ccc(-c6ccccc6)cc5)ccc4cc3-c3ccccc3)cc2)cc1. The van der Waals surface area contributed by atoms with Crippen LogP contribution in [0.2, 0.25) is 0 Å². The second kappa shape index (κ2) is 16.5. The summed E-state index contributed by atoms with van der Waals surface area (Å²) >= 11 is 0. The van der Waals surface area contributed by atoms with Crippen LogP contribution in [0.3, 0.4) is 0 Å². The quantitative estimate of drug-likeness (QED) is 0.137. The van der Waals surface area contributed by atoms with Gasteiger partial charge in [-0.15, -0.1) is 0 Å². The largest absolute Gasteiger partial charge is 0.310 e. The molecule has 0 radical (unpaired) electrons. The Balaban J connectivity index is 1.23. The summed E-state index contributed by atoms with van der Waals surface area (Å²) in [5.74, 6) is 0. The monoisotopic (exact) mass is 766 g/mol. The van der Waals surface area contributed by atoms with Gasteiger partial charge in [0, 0.05) is 33.9 Å². The molecule has 60 heavy (non-hydrogen) atoms. The van der Waals surface area contributed by atoms with Crippen molar-refractivity contribution in [3.05, 3.63) is 255 Å². The number of anilines is 6. The average molecular weight is 767 g/mol. The summed E-state index contributed by atoms with van der Waals surface area (Å²) in [5, 5.41) is 2.33. The molecule has 0 saturated carbocycles. The molecule has 0 atom stereocenters. The fourth-order valence-electron chi connectivity index (χ4n) is 8.35. The maximum absolute atomic E-state index is 2.42. The molecule has 10 aromatic carbocycles. The van der Waals surface area contributed by atoms with Gasteiger partial charge in [0.25, 0.3) is 0 Å². The van der Waals surface area contributed by atoms with Crippen molar-refractivity contribution < 1.29 is 0 Å². The van der Waals surface area contributed by atoms with Gasteiger partial charge in [-0.1, -0.05) is 188 Å². The minimum Gasteiger partial charge on any atom is -0.310 e. The number of hydrogen-bond donors (Lipinski definition) is 0. The van der Waals surface area contributed by atoms with Crippen LogP contribution in [0.5, 0.6) is 0 Å². The molecule has 0 N–H and O–H groups in total. The fourth-order valence-corrected chi connectivity index (χ4v) is 8.35. The molecule has 0 amide bonds. The van der Waals surface area contributed by atoms with E-state index in [0.717, 1.165) is 61.8 Å². The molecule has 0 saturated heterocycles. The van der Waals surface area contributed by atoms with Crippen LogP contribution in [-0.2, 0) is 0 Å². The average Bonchev–Trinajstić information content (AvgIpc) is 3.34. The van der Waals surface area contributed by atoms with E-state index >= 15 is 0 Å². The van der Waals surface area contributed by atoms with E-state index in [-0.39, 0.29) is 0 Å². The number of rotatable bonds is 10. The molecule has 2 nitrogen and oxygen atoms in total. The standard InChI is InChI=1S/C58H42N2/c1-7-19-43(20-8-1)45-31-36-52(37-32-45)59(50-27-15-5-16-28-50)56-40-35-49-41-54(47-23-11-3-12-24-47)57(42-55(49)58(56)48-25-13-4-14-26-48)60(51-29-17-6-18-30-51)53-38-33-46(34-39-53)44-21-9-2-10-22-44/h1-42H. The minimum atomic E-state index is 1.08. The Morgan fingerprint density at radius 3 is 1.03 bits per heavy atom. The first-order valence-corrected chi connectivity index (χ1v) is 20.5. The third-order valence-corrected chi connectivity index (χ3v) is 11.2. The molecule has 284 valence electrons. The number of fused-ring (bicyclic) bond motifs is 1. The van der Waals surface area contributed by atoms with Crippen LogP contribution < -0.4 is 9.80 Å². The molecule has 0 heterocycles. The van der Waals surface area contributed by atoms with Crippen molar-refractivity contribution in [1.29, 1.82) is 0 Å². The topological polar surface area (TPSA) is 6.48 Å². The van der Waals surface area contributed by atoms with E-state index in [1.54, 1.807) is 0 Å². The van der Waals surface area contributed by atoms with Gasteiger partial charge in [0.05, 0.1) is 11.4 Å². The summed E-state index contributed by atoms with van der Waals surface area (Å²) in [6.07, 6.45) is 0. The van der Waals surface area contributed by atoms with E-state index in [0.29, 0.717) is 0 Å². The second-order valence-electron chi connectivity index (χ2n) is 14.9. The Kier molecular flexibility index (Phi) is 10.0. The van der Waals surface area contributed by atoms with E-state index < -0.39 is 0 Å². The van der Waals surface area contributed by atoms with E-state index in [1.807, 2.05) is 0 Å². The number of hydrogen-bond acceptors (Lipinski definition) is 2. The Morgan fingerprint density at radius 1 is 0.233 bits per heavy atom. The lowest BCUT2D eigenvalue weighted by Gasteiger charge is -2.31. The van der Waals surface area contributed by atoms with Crippen molar-refractivity contribution in [2.75, 3.05) is 9.80 Å². The van der Waals surface area contributed by atoms with E-state index in [2.05, 4.69) is 265 Å². The predicted octanol–water partition coefficient (Wildman–Crippen LogP) is 16.4. The smallest absolute Gasteiger partial charge is 0.0546 e. The van der Waals surface area contributed by atoms with Crippen LogP contribution in [0, 0.1) is 0 Å². The van der Waals surface area contributed by atoms with E-state index in [1.165, 1.54) is 27.6 Å². The van der Waals surface area contributed by atoms with Gasteiger partial charge in [-0.2, -0.15) is 0 Å². The maximum Gasteiger partial charge on any atom is 0.0546 e. The predicted molar refractivity (Wildman–Crippen MR) is 255 cm³/mol. The molecule has 2 heteroatoms. The van der Waals surface area contributed by atoms with Gasteiger partial charge in [-0.05, 0) is 111 Å². The van der Waals surface area contributed by atoms with Crippen molar-refractivity contribution in [1.82, 2.24) is 0 Å². The normalized spacial score (nSPS) is 11.0. The molecule has 0 aliphatic carbocycles. The Hall–Kier alpha value is -7.94. The van der Waals surface area contributed by atoms with Crippen LogP contribution in [0.1, 0.15) is 0 Å². The van der Waals surface area contributed by atoms with Crippen LogP contribution in [0.25, 0.3) is 55.3 Å². The van der Waals surface area contributed by atoms with Crippen molar-refractivity contribution in [2.45, 2.75) is 0 Å². The zero-order valence-electron chi connectivity index (χ0n) is 33.1. The summed E-state index contributed by atoms with van der Waals surface area (Å²) in [6.45, 7) is 0. The van der Waals surface area contributed by atoms with Crippen molar-refractivity contribution >= 4 is 44.9 Å². The Labute approximate surface area is 352 Å². The summed E-state index contributed by atoms with van der Waals surface area (Å²) in [6, 6.07) is 91.6. The van der Waals surface area contributed by atoms with Crippen molar-refractivity contribution in [3.63, 3.8) is 0 Å². The first-order valence-electron chi connectivity index (χ1n) is 20.5. The summed E-state index contributed by atoms with van der Waals surface area (Å²) in [5.41, 5.74) is 15.9. The highest BCUT2D eigenvalue weighted by Crippen LogP contribution is 2.49. The van der Waals surface area contributed by atoms with E-state index in [9.17, 15) is 0 Å². The molecule has 0 fully saturated rings. The lowest BCUT2D eigenvalue weighted by Crippen LogP contribution is -2.13. The molecular weight excluding hydrogens is 725 g/mol. The maximum atomic E-state index is 2.42. The van der Waals surface area contributed by atoms with Gasteiger partial charge in [0.15, 0.2) is 0 Å². The third-order valence-electron chi connectivity index (χ3n) is 11.2. The minimum absolute atomic E-state index is 1.08. The van der Waals surface area contributed by atoms with Crippen LogP contribution in [0.15, 0.2) is 255 Å². The number of nitrogens with zero attached hydrogens (tertiary/aromatic N) is 2. The molecule has 10 rings (SSSR count). The molecule has 10 aromatic rings. The highest BCUT2D eigenvalue weighted by molar-refractivity contribution is 6.09. The first kappa shape index (κ1) is 36.4. The fraction of sp³-hybridized carbons (Fsp3) is 0. The zero-order valence-corrected chi connectivity index (χ0v) is 33.1. The molecule has 0 aliphatic heterocycles. The van der Waals surface area contributed by atoms with Gasteiger partial charge in [-0.3, -0.25) is 0 Å². The van der Waals surface area contributed by atoms with Gasteiger partial charge in [0.1, 0.15) is 0 Å². The van der Waals surface area contributed by atoms with Crippen molar-refractivity contribution in [3.8, 4) is 44.5 Å². The van der Waals surface area contributed by atoms with Crippen LogP contribution in [0.4, 0.5) is 34.1 Å². The molecular formula is C58H42N2. The number of benzene rings is 10. The zero-order chi connectivity index (χ0) is 40.1. The van der Waals surface area contributed by atoms with E-state index in [4.69, 9.17) is 0 Å². The summed E-state index contributed by atoms with van der Waals surface area (Å²) in [7, 11) is 0. The lowest BCUT2D eigenvalue weighted by molar-refractivity contribution is 1.28. The molecule has 0 aliphatic rings. The molecule has 0 aromatic heterocycles. The summed E-state index contributed by atoms with van der Waals surface area (Å²) < 4.78 is 0. The lowest BCUT2D eigenvalue weighted by atomic mass is 9.91. The highest BCUT2D eigenvalue weighted by Gasteiger charge is 2.24. The highest BCUT2D eigenvalue weighted by atomic mass is 15.2. The number of para-hydroxylation sites is 2. The van der Waals surface area contributed by atoms with Gasteiger partial charge >= 0.3 is 0 Å². The van der Waals surface area contributed by atoms with Gasteiger partial charge in [-0.25, -0.2) is 0 Å². The second-order valence-corrected chi connectivity index (χ2v) is 14.9. The van der Waals surface area contributed by atoms with Crippen LogP contribution in [-0.4, -0.2) is 0 Å². The van der Waals surface area contributed by atoms with Crippen LogP contribution >= 0.6 is 0 Å². The van der Waals surface area contributed by atoms with Gasteiger partial charge < -0.3 is 9.80 Å². The first-order chi connectivity index (χ1) is 29.8. The molecule has 0 bridgehead atoms. The Bertz CT molecular complexity index is 2970. The molecule has 0 spiro atoms. The van der Waals surface area contributed by atoms with Crippen molar-refractivity contribution in [2.24, 2.45) is 0 Å². The van der Waals surface area contributed by atoms with Gasteiger partial charge in [0.2, 0.25) is 0 Å². The molecule has 0 unspecified atom stereocenters. The summed E-state index contributed by atoms with van der Waals surface area (Å²) in [4.78, 5) is 4.81.